The van der Waals surface area contributed by atoms with E-state index in [-0.39, 0.29) is 17.9 Å². The van der Waals surface area contributed by atoms with Gasteiger partial charge >= 0.3 is 5.97 Å². The molecule has 0 aliphatic carbocycles. The van der Waals surface area contributed by atoms with E-state index in [4.69, 9.17) is 14.3 Å². The average molecular weight is 477 g/mol. The number of aliphatic hydroxyl groups is 2. The molecule has 9 heteroatoms. The van der Waals surface area contributed by atoms with Gasteiger partial charge in [0.2, 0.25) is 0 Å². The van der Waals surface area contributed by atoms with Crippen molar-refractivity contribution < 1.29 is 34.1 Å². The SMILES string of the molecule is COC(=O)[C@@H](CC(=O)CO/N=C(\[C@@H](O)[C@@H](C)O)[C@@H](OC)C(C)(C)C)Cc1c[nH]c2ccccc12. The molecule has 9 nitrogen and oxygen atoms in total. The van der Waals surface area contributed by atoms with Gasteiger partial charge in [0, 0.05) is 30.6 Å². The molecule has 0 unspecified atom stereocenters. The third kappa shape index (κ3) is 7.12. The predicted octanol–water partition coefficient (Wildman–Crippen LogP) is 2.63. The van der Waals surface area contributed by atoms with Crippen molar-refractivity contribution in [2.45, 2.75) is 58.8 Å². The van der Waals surface area contributed by atoms with Crippen molar-refractivity contribution in [3.05, 3.63) is 36.0 Å². The zero-order chi connectivity index (χ0) is 25.5. The molecule has 188 valence electrons. The maximum Gasteiger partial charge on any atom is 0.309 e. The number of rotatable bonds is 12. The average Bonchev–Trinajstić information content (AvgIpc) is 3.19. The minimum atomic E-state index is -1.33. The fourth-order valence-corrected chi connectivity index (χ4v) is 3.91. The van der Waals surface area contributed by atoms with Crippen LogP contribution in [0.25, 0.3) is 10.9 Å². The van der Waals surface area contributed by atoms with Gasteiger partial charge in [-0.3, -0.25) is 9.59 Å². The number of nitrogens with one attached hydrogen (secondary N) is 1. The molecule has 0 aliphatic rings. The van der Waals surface area contributed by atoms with Crippen LogP contribution in [-0.4, -0.2) is 71.8 Å². The molecule has 0 aliphatic heterocycles. The number of aliphatic hydroxyl groups excluding tert-OH is 2. The molecule has 0 amide bonds. The summed E-state index contributed by atoms with van der Waals surface area (Å²) in [6, 6.07) is 7.71. The van der Waals surface area contributed by atoms with E-state index < -0.39 is 42.2 Å². The minimum Gasteiger partial charge on any atom is -0.469 e. The summed E-state index contributed by atoms with van der Waals surface area (Å²) in [6.07, 6.45) is -1.04. The van der Waals surface area contributed by atoms with Gasteiger partial charge in [0.25, 0.3) is 0 Å². The van der Waals surface area contributed by atoms with Crippen molar-refractivity contribution >= 4 is 28.4 Å². The highest BCUT2D eigenvalue weighted by Crippen LogP contribution is 2.26. The number of carbonyl (C=O) groups excluding carboxylic acids is 2. The molecule has 0 fully saturated rings. The molecule has 1 heterocycles. The number of nitrogens with zero attached hydrogens (tertiary/aromatic N) is 1. The Balaban J connectivity index is 2.12. The molecule has 0 radical (unpaired) electrons. The summed E-state index contributed by atoms with van der Waals surface area (Å²) in [5.41, 5.74) is 1.49. The van der Waals surface area contributed by atoms with Crippen LogP contribution in [0.2, 0.25) is 0 Å². The maximum absolute atomic E-state index is 12.6. The van der Waals surface area contributed by atoms with Crippen molar-refractivity contribution in [3.8, 4) is 0 Å². The number of fused-ring (bicyclic) bond motifs is 1. The number of aromatic nitrogens is 1. The van der Waals surface area contributed by atoms with Crippen LogP contribution in [0.5, 0.6) is 0 Å². The summed E-state index contributed by atoms with van der Waals surface area (Å²) in [7, 11) is 2.76. The Hall–Kier alpha value is -2.75. The summed E-state index contributed by atoms with van der Waals surface area (Å²) in [4.78, 5) is 33.4. The van der Waals surface area contributed by atoms with Gasteiger partial charge < -0.3 is 29.5 Å². The zero-order valence-electron chi connectivity index (χ0n) is 20.7. The van der Waals surface area contributed by atoms with E-state index in [0.717, 1.165) is 16.5 Å². The van der Waals surface area contributed by atoms with Crippen LogP contribution in [0, 0.1) is 11.3 Å². The molecule has 0 saturated carbocycles. The lowest BCUT2D eigenvalue weighted by molar-refractivity contribution is -0.147. The summed E-state index contributed by atoms with van der Waals surface area (Å²) >= 11 is 0. The normalized spacial score (nSPS) is 16.1. The first-order valence-corrected chi connectivity index (χ1v) is 11.2. The molecule has 1 aromatic heterocycles. The second-order valence-corrected chi connectivity index (χ2v) is 9.48. The lowest BCUT2D eigenvalue weighted by Crippen LogP contribution is -2.46. The van der Waals surface area contributed by atoms with Gasteiger partial charge in [0.1, 0.15) is 17.9 Å². The Bertz CT molecular complexity index is 991. The van der Waals surface area contributed by atoms with Gasteiger partial charge in [-0.15, -0.1) is 0 Å². The summed E-state index contributed by atoms with van der Waals surface area (Å²) < 4.78 is 10.4. The lowest BCUT2D eigenvalue weighted by atomic mass is 9.83. The van der Waals surface area contributed by atoms with E-state index >= 15 is 0 Å². The van der Waals surface area contributed by atoms with Gasteiger partial charge in [-0.05, 0) is 30.4 Å². The number of oxime groups is 1. The number of esters is 1. The Morgan fingerprint density at radius 3 is 2.41 bits per heavy atom. The van der Waals surface area contributed by atoms with Gasteiger partial charge in [-0.25, -0.2) is 0 Å². The quantitative estimate of drug-likeness (QED) is 0.244. The third-order valence-electron chi connectivity index (χ3n) is 5.60. The van der Waals surface area contributed by atoms with E-state index in [1.807, 2.05) is 51.2 Å². The van der Waals surface area contributed by atoms with E-state index in [0.29, 0.717) is 6.42 Å². The number of benzene rings is 1. The molecule has 1 aromatic carbocycles. The Kier molecular flexibility index (Phi) is 9.78. The van der Waals surface area contributed by atoms with Crippen LogP contribution >= 0.6 is 0 Å². The zero-order valence-corrected chi connectivity index (χ0v) is 20.7. The van der Waals surface area contributed by atoms with E-state index in [1.165, 1.54) is 21.1 Å². The monoisotopic (exact) mass is 476 g/mol. The van der Waals surface area contributed by atoms with Crippen molar-refractivity contribution in [1.29, 1.82) is 0 Å². The van der Waals surface area contributed by atoms with Crippen LogP contribution in [0.3, 0.4) is 0 Å². The number of H-pyrrole nitrogens is 1. The predicted molar refractivity (Wildman–Crippen MR) is 128 cm³/mol. The Labute approximate surface area is 200 Å². The molecule has 0 saturated heterocycles. The van der Waals surface area contributed by atoms with Gasteiger partial charge in [0.15, 0.2) is 12.4 Å². The number of ether oxygens (including phenoxy) is 2. The van der Waals surface area contributed by atoms with Crippen LogP contribution < -0.4 is 0 Å². The number of methoxy groups -OCH3 is 2. The highest BCUT2D eigenvalue weighted by Gasteiger charge is 2.36. The first-order chi connectivity index (χ1) is 16.0. The standard InChI is InChI=1S/C25H36N2O7/c1-15(28)22(30)21(23(32-5)25(2,3)4)27-34-14-18(29)12-16(24(31)33-6)11-17-13-26-20-10-8-7-9-19(17)20/h7-10,13,15-16,22-23,26,28,30H,11-12,14H2,1-6H3/b27-21+/t15-,16-,22+,23-/m1/s1. The van der Waals surface area contributed by atoms with Crippen molar-refractivity contribution in [1.82, 2.24) is 4.98 Å². The van der Waals surface area contributed by atoms with E-state index in [1.54, 1.807) is 0 Å². The molecule has 4 atom stereocenters. The number of para-hydroxylation sites is 1. The van der Waals surface area contributed by atoms with Gasteiger partial charge in [-0.1, -0.05) is 44.1 Å². The molecule has 2 rings (SSSR count). The highest BCUT2D eigenvalue weighted by atomic mass is 16.6. The molecular formula is C25H36N2O7. The Morgan fingerprint density at radius 2 is 1.82 bits per heavy atom. The maximum atomic E-state index is 12.6. The van der Waals surface area contributed by atoms with Crippen LogP contribution in [-0.2, 0) is 30.3 Å². The summed E-state index contributed by atoms with van der Waals surface area (Å²) in [5, 5.41) is 25.2. The summed E-state index contributed by atoms with van der Waals surface area (Å²) in [6.45, 7) is 6.69. The molecular weight excluding hydrogens is 440 g/mol. The van der Waals surface area contributed by atoms with Gasteiger partial charge in [0.05, 0.1) is 19.1 Å². The first kappa shape index (κ1) is 27.5. The number of hydrogen-bond acceptors (Lipinski definition) is 8. The van der Waals surface area contributed by atoms with Crippen molar-refractivity contribution in [2.75, 3.05) is 20.8 Å². The smallest absolute Gasteiger partial charge is 0.309 e. The number of carbonyl (C=O) groups is 2. The topological polar surface area (TPSA) is 130 Å². The lowest BCUT2D eigenvalue weighted by Gasteiger charge is -2.32. The van der Waals surface area contributed by atoms with Gasteiger partial charge in [-0.2, -0.15) is 0 Å². The first-order valence-electron chi connectivity index (χ1n) is 11.2. The third-order valence-corrected chi connectivity index (χ3v) is 5.60. The number of Topliss-reactive ketones (excluding diaryl/α,β-unsaturated/α-hetero) is 1. The number of ketones is 1. The fourth-order valence-electron chi connectivity index (χ4n) is 3.91. The van der Waals surface area contributed by atoms with Crippen LogP contribution in [0.15, 0.2) is 35.6 Å². The summed E-state index contributed by atoms with van der Waals surface area (Å²) in [5.74, 6) is -1.53. The van der Waals surface area contributed by atoms with Crippen molar-refractivity contribution in [2.24, 2.45) is 16.5 Å². The second-order valence-electron chi connectivity index (χ2n) is 9.48. The minimum absolute atomic E-state index is 0.0844. The molecule has 0 spiro atoms. The molecule has 0 bridgehead atoms. The molecule has 2 aromatic rings. The highest BCUT2D eigenvalue weighted by molar-refractivity contribution is 5.93. The number of hydrogen-bond donors (Lipinski definition) is 3. The second kappa shape index (κ2) is 12.1. The van der Waals surface area contributed by atoms with E-state index in [9.17, 15) is 19.8 Å². The van der Waals surface area contributed by atoms with Crippen LogP contribution in [0.1, 0.15) is 39.7 Å². The fraction of sp³-hybridized carbons (Fsp3) is 0.560. The Morgan fingerprint density at radius 1 is 1.15 bits per heavy atom. The number of aromatic amines is 1. The van der Waals surface area contributed by atoms with E-state index in [2.05, 4.69) is 10.1 Å². The molecule has 34 heavy (non-hydrogen) atoms. The largest absolute Gasteiger partial charge is 0.469 e. The molecule has 3 N–H and O–H groups in total. The van der Waals surface area contributed by atoms with Crippen molar-refractivity contribution in [3.63, 3.8) is 0 Å². The van der Waals surface area contributed by atoms with Crippen LogP contribution in [0.4, 0.5) is 0 Å².